The van der Waals surface area contributed by atoms with Crippen LogP contribution in [0.25, 0.3) is 0 Å². The van der Waals surface area contributed by atoms with E-state index >= 15 is 0 Å². The average molecular weight is 355 g/mol. The second kappa shape index (κ2) is 8.08. The lowest BCUT2D eigenvalue weighted by atomic mass is 10.1. The molecule has 0 aliphatic carbocycles. The molecule has 0 saturated carbocycles. The molecular formula is C20H25N3O3. The van der Waals surface area contributed by atoms with E-state index in [1.54, 1.807) is 24.9 Å². The van der Waals surface area contributed by atoms with Crippen molar-refractivity contribution in [3.63, 3.8) is 0 Å². The highest BCUT2D eigenvalue weighted by atomic mass is 16.3. The number of nitrogens with one attached hydrogen (secondary N) is 1. The van der Waals surface area contributed by atoms with E-state index in [9.17, 15) is 9.59 Å². The van der Waals surface area contributed by atoms with Crippen LogP contribution in [0.3, 0.4) is 0 Å². The molecular weight excluding hydrogens is 330 g/mol. The highest BCUT2D eigenvalue weighted by Crippen LogP contribution is 2.25. The molecule has 138 valence electrons. The summed E-state index contributed by atoms with van der Waals surface area (Å²) in [6.07, 6.45) is 5.21. The third kappa shape index (κ3) is 4.07. The molecule has 2 heterocycles. The molecule has 1 saturated heterocycles. The van der Waals surface area contributed by atoms with Crippen molar-refractivity contribution in [3.8, 4) is 0 Å². The van der Waals surface area contributed by atoms with Gasteiger partial charge in [-0.1, -0.05) is 18.2 Å². The van der Waals surface area contributed by atoms with Crippen LogP contribution in [0.2, 0.25) is 0 Å². The summed E-state index contributed by atoms with van der Waals surface area (Å²) in [5.41, 5.74) is 2.73. The third-order valence-electron chi connectivity index (χ3n) is 4.72. The van der Waals surface area contributed by atoms with Gasteiger partial charge in [-0.25, -0.2) is 0 Å². The van der Waals surface area contributed by atoms with Crippen molar-refractivity contribution in [2.45, 2.75) is 32.4 Å². The predicted molar refractivity (Wildman–Crippen MR) is 100.0 cm³/mol. The van der Waals surface area contributed by atoms with Gasteiger partial charge >= 0.3 is 0 Å². The maximum Gasteiger partial charge on any atom is 0.255 e. The fraction of sp³-hybridized carbons (Fsp3) is 0.400. The summed E-state index contributed by atoms with van der Waals surface area (Å²) in [5.74, 6) is -0.441. The van der Waals surface area contributed by atoms with Crippen molar-refractivity contribution in [1.29, 1.82) is 0 Å². The first-order valence-corrected chi connectivity index (χ1v) is 8.97. The Morgan fingerprint density at radius 1 is 1.23 bits per heavy atom. The van der Waals surface area contributed by atoms with Crippen LogP contribution >= 0.6 is 0 Å². The first-order chi connectivity index (χ1) is 12.6. The average Bonchev–Trinajstić information content (AvgIpc) is 3.35. The van der Waals surface area contributed by atoms with E-state index < -0.39 is 6.04 Å². The number of carbonyl (C=O) groups is 2. The van der Waals surface area contributed by atoms with Crippen LogP contribution in [0.15, 0.2) is 47.3 Å². The zero-order valence-electron chi connectivity index (χ0n) is 15.3. The number of nitrogens with zero attached hydrogens (tertiary/aromatic N) is 2. The number of rotatable bonds is 6. The van der Waals surface area contributed by atoms with Crippen molar-refractivity contribution in [2.75, 3.05) is 25.0 Å². The van der Waals surface area contributed by atoms with Gasteiger partial charge in [0.1, 0.15) is 12.3 Å². The van der Waals surface area contributed by atoms with E-state index in [0.29, 0.717) is 12.1 Å². The minimum Gasteiger partial charge on any atom is -0.472 e. The molecule has 1 aliphatic rings. The van der Waals surface area contributed by atoms with E-state index in [0.717, 1.165) is 18.7 Å². The first kappa shape index (κ1) is 18.0. The van der Waals surface area contributed by atoms with Gasteiger partial charge in [0, 0.05) is 32.4 Å². The van der Waals surface area contributed by atoms with Crippen molar-refractivity contribution in [2.24, 2.45) is 0 Å². The molecule has 2 amide bonds. The monoisotopic (exact) mass is 355 g/mol. The number of hydrogen-bond acceptors (Lipinski definition) is 4. The van der Waals surface area contributed by atoms with Gasteiger partial charge in [0.15, 0.2) is 0 Å². The Balaban J connectivity index is 1.63. The first-order valence-electron chi connectivity index (χ1n) is 8.97. The SMILES string of the molecule is C[C@H](NC(=O)c1ccoc1)C(=O)N(C)Cc1ccccc1N1CCCC1. The van der Waals surface area contributed by atoms with Gasteiger partial charge in [-0.2, -0.15) is 0 Å². The van der Waals surface area contributed by atoms with Gasteiger partial charge in [-0.15, -0.1) is 0 Å². The minimum atomic E-state index is -0.610. The van der Waals surface area contributed by atoms with Gasteiger partial charge in [-0.05, 0) is 37.5 Å². The maximum atomic E-state index is 12.7. The van der Waals surface area contributed by atoms with Crippen molar-refractivity contribution in [1.82, 2.24) is 10.2 Å². The highest BCUT2D eigenvalue weighted by molar-refractivity contribution is 5.97. The molecule has 0 radical (unpaired) electrons. The summed E-state index contributed by atoms with van der Waals surface area (Å²) in [4.78, 5) is 28.8. The normalized spacial score (nSPS) is 14.9. The molecule has 1 aromatic heterocycles. The zero-order chi connectivity index (χ0) is 18.5. The second-order valence-corrected chi connectivity index (χ2v) is 6.72. The van der Waals surface area contributed by atoms with E-state index in [2.05, 4.69) is 22.3 Å². The van der Waals surface area contributed by atoms with Crippen LogP contribution in [0.4, 0.5) is 5.69 Å². The number of para-hydroxylation sites is 1. The van der Waals surface area contributed by atoms with Crippen LogP contribution < -0.4 is 10.2 Å². The Morgan fingerprint density at radius 2 is 1.96 bits per heavy atom. The lowest BCUT2D eigenvalue weighted by Gasteiger charge is -2.26. The summed E-state index contributed by atoms with van der Waals surface area (Å²) in [6, 6.07) is 9.17. The van der Waals surface area contributed by atoms with Gasteiger partial charge in [0.2, 0.25) is 5.91 Å². The van der Waals surface area contributed by atoms with Gasteiger partial charge in [0.05, 0.1) is 11.8 Å². The Labute approximate surface area is 153 Å². The summed E-state index contributed by atoms with van der Waals surface area (Å²) in [6.45, 7) is 4.33. The molecule has 2 aromatic rings. The maximum absolute atomic E-state index is 12.7. The standard InChI is InChI=1S/C20H25N3O3/c1-15(21-19(24)17-9-12-26-14-17)20(25)22(2)13-16-7-3-4-8-18(16)23-10-5-6-11-23/h3-4,7-9,12,14-15H,5-6,10-11,13H2,1-2H3,(H,21,24)/t15-/m0/s1. The molecule has 3 rings (SSSR count). The summed E-state index contributed by atoms with van der Waals surface area (Å²) in [5, 5.41) is 2.72. The molecule has 1 fully saturated rings. The smallest absolute Gasteiger partial charge is 0.255 e. The molecule has 1 atom stereocenters. The molecule has 0 bridgehead atoms. The van der Waals surface area contributed by atoms with E-state index in [-0.39, 0.29) is 11.8 Å². The Morgan fingerprint density at radius 3 is 2.65 bits per heavy atom. The molecule has 0 unspecified atom stereocenters. The summed E-state index contributed by atoms with van der Waals surface area (Å²) >= 11 is 0. The molecule has 1 aromatic carbocycles. The van der Waals surface area contributed by atoms with Crippen LogP contribution in [0, 0.1) is 0 Å². The fourth-order valence-corrected chi connectivity index (χ4v) is 3.31. The molecule has 1 N–H and O–H groups in total. The number of amides is 2. The number of carbonyl (C=O) groups excluding carboxylic acids is 2. The molecule has 6 nitrogen and oxygen atoms in total. The second-order valence-electron chi connectivity index (χ2n) is 6.72. The van der Waals surface area contributed by atoms with Crippen molar-refractivity contribution in [3.05, 3.63) is 54.0 Å². The summed E-state index contributed by atoms with van der Waals surface area (Å²) in [7, 11) is 1.77. The van der Waals surface area contributed by atoms with Crippen LogP contribution in [0.1, 0.15) is 35.7 Å². The Hall–Kier alpha value is -2.76. The lowest BCUT2D eigenvalue weighted by Crippen LogP contribution is -2.45. The van der Waals surface area contributed by atoms with Gasteiger partial charge in [0.25, 0.3) is 5.91 Å². The highest BCUT2D eigenvalue weighted by Gasteiger charge is 2.22. The molecule has 1 aliphatic heterocycles. The van der Waals surface area contributed by atoms with E-state index in [1.165, 1.54) is 31.1 Å². The number of likely N-dealkylation sites (N-methyl/N-ethyl adjacent to an activating group) is 1. The van der Waals surface area contributed by atoms with Gasteiger partial charge < -0.3 is 19.5 Å². The fourth-order valence-electron chi connectivity index (χ4n) is 3.31. The largest absolute Gasteiger partial charge is 0.472 e. The van der Waals surface area contributed by atoms with Crippen molar-refractivity contribution < 1.29 is 14.0 Å². The van der Waals surface area contributed by atoms with Crippen LogP contribution in [-0.4, -0.2) is 42.9 Å². The lowest BCUT2D eigenvalue weighted by molar-refractivity contribution is -0.132. The quantitative estimate of drug-likeness (QED) is 0.865. The van der Waals surface area contributed by atoms with Crippen molar-refractivity contribution >= 4 is 17.5 Å². The van der Waals surface area contributed by atoms with Crippen LogP contribution in [0.5, 0.6) is 0 Å². The third-order valence-corrected chi connectivity index (χ3v) is 4.72. The number of benzene rings is 1. The molecule has 6 heteroatoms. The topological polar surface area (TPSA) is 65.8 Å². The predicted octanol–water partition coefficient (Wildman–Crippen LogP) is 2.66. The minimum absolute atomic E-state index is 0.127. The number of anilines is 1. The van der Waals surface area contributed by atoms with Crippen LogP contribution in [-0.2, 0) is 11.3 Å². The Kier molecular flexibility index (Phi) is 5.61. The number of furan rings is 1. The molecule has 26 heavy (non-hydrogen) atoms. The Bertz CT molecular complexity index is 751. The summed E-state index contributed by atoms with van der Waals surface area (Å²) < 4.78 is 4.91. The zero-order valence-corrected chi connectivity index (χ0v) is 15.3. The molecule has 0 spiro atoms. The van der Waals surface area contributed by atoms with E-state index in [1.807, 2.05) is 12.1 Å². The van der Waals surface area contributed by atoms with E-state index in [4.69, 9.17) is 4.42 Å². The number of hydrogen-bond donors (Lipinski definition) is 1. The van der Waals surface area contributed by atoms with Gasteiger partial charge in [-0.3, -0.25) is 9.59 Å².